The fourth-order valence-corrected chi connectivity index (χ4v) is 7.86. The monoisotopic (exact) mass is 680 g/mol. The molecular weight excluding hydrogens is 663 g/mol. The quantitative estimate of drug-likeness (QED) is 0.143. The van der Waals surface area contributed by atoms with Crippen LogP contribution in [0, 0.1) is 13.8 Å². The standard InChI is InChI=1S/C28H20N4O6S4.2Na/c1-15-3-8-20-23(11-15)39-27(29-20)17-5-10-22(26(13-17)42(36,37)38)32-31-18-6-7-19(25(14-18)41(33,34)35)28-30-21-9-4-16(2)12-24(21)40-28;;/h3-14H,1-2H3,(H,33,34,35)(H,36,37,38);;/q;2*+1/p-2. The van der Waals surface area contributed by atoms with Gasteiger partial charge in [0.1, 0.15) is 35.9 Å². The van der Waals surface area contributed by atoms with Crippen LogP contribution in [0.2, 0.25) is 0 Å². The van der Waals surface area contributed by atoms with Crippen molar-refractivity contribution < 1.29 is 85.1 Å². The number of azo groups is 1. The molecule has 10 nitrogen and oxygen atoms in total. The van der Waals surface area contributed by atoms with Crippen LogP contribution in [0.5, 0.6) is 0 Å². The maximum absolute atomic E-state index is 12.2. The summed E-state index contributed by atoms with van der Waals surface area (Å²) in [6.07, 6.45) is 0. The number of nitrogens with zero attached hydrogens (tertiary/aromatic N) is 4. The number of rotatable bonds is 6. The van der Waals surface area contributed by atoms with E-state index in [1.807, 2.05) is 50.2 Å². The minimum atomic E-state index is -4.97. The van der Waals surface area contributed by atoms with Crippen molar-refractivity contribution in [3.05, 3.63) is 83.9 Å². The molecule has 0 aliphatic rings. The fourth-order valence-electron chi connectivity index (χ4n) is 4.30. The second-order valence-electron chi connectivity index (χ2n) is 9.45. The van der Waals surface area contributed by atoms with Gasteiger partial charge in [-0.05, 0) is 85.6 Å². The number of hydrogen-bond donors (Lipinski definition) is 0. The molecule has 0 atom stereocenters. The number of hydrogen-bond acceptors (Lipinski definition) is 12. The van der Waals surface area contributed by atoms with Crippen LogP contribution in [0.4, 0.5) is 11.4 Å². The van der Waals surface area contributed by atoms with Crippen LogP contribution in [-0.4, -0.2) is 35.9 Å². The third-order valence-electron chi connectivity index (χ3n) is 6.30. The van der Waals surface area contributed by atoms with Crippen LogP contribution in [0.25, 0.3) is 41.6 Å². The molecule has 44 heavy (non-hydrogen) atoms. The Kier molecular flexibility index (Phi) is 10.7. The Hall–Kier alpha value is -1.92. The zero-order valence-electron chi connectivity index (χ0n) is 23.8. The molecular formula is C28H18N4Na2O6S4. The first-order chi connectivity index (χ1) is 19.8. The van der Waals surface area contributed by atoms with Crippen LogP contribution >= 0.6 is 22.7 Å². The summed E-state index contributed by atoms with van der Waals surface area (Å²) in [6, 6.07) is 19.3. The summed E-state index contributed by atoms with van der Waals surface area (Å²) in [5, 5.41) is 8.73. The van der Waals surface area contributed by atoms with E-state index in [1.165, 1.54) is 46.9 Å². The zero-order valence-corrected chi connectivity index (χ0v) is 31.1. The normalized spacial score (nSPS) is 12.0. The van der Waals surface area contributed by atoms with Gasteiger partial charge in [0.05, 0.1) is 35.9 Å². The number of aromatic nitrogens is 2. The summed E-state index contributed by atoms with van der Waals surface area (Å²) in [4.78, 5) is 7.84. The van der Waals surface area contributed by atoms with Crippen LogP contribution in [0.15, 0.2) is 92.8 Å². The topological polar surface area (TPSA) is 165 Å². The number of thiazole rings is 2. The Morgan fingerprint density at radius 1 is 0.636 bits per heavy atom. The van der Waals surface area contributed by atoms with Crippen molar-refractivity contribution in [2.45, 2.75) is 23.6 Å². The van der Waals surface area contributed by atoms with Gasteiger partial charge in [-0.3, -0.25) is 0 Å². The van der Waals surface area contributed by atoms with Gasteiger partial charge in [0.25, 0.3) is 0 Å². The molecule has 16 heteroatoms. The molecule has 0 amide bonds. The first-order valence-corrected chi connectivity index (χ1v) is 16.7. The molecule has 2 heterocycles. The van der Waals surface area contributed by atoms with E-state index in [9.17, 15) is 25.9 Å². The largest absolute Gasteiger partial charge is 1.00 e. The molecule has 0 aliphatic carbocycles. The molecule has 0 unspecified atom stereocenters. The summed E-state index contributed by atoms with van der Waals surface area (Å²) in [5.74, 6) is 0. The first kappa shape index (κ1) is 34.9. The first-order valence-electron chi connectivity index (χ1n) is 12.2. The second-order valence-corrected chi connectivity index (χ2v) is 14.2. The smallest absolute Gasteiger partial charge is 0.744 e. The van der Waals surface area contributed by atoms with Crippen molar-refractivity contribution in [2.24, 2.45) is 10.2 Å². The van der Waals surface area contributed by atoms with E-state index < -0.39 is 30.0 Å². The molecule has 0 saturated carbocycles. The summed E-state index contributed by atoms with van der Waals surface area (Å²) >= 11 is 2.60. The molecule has 212 valence electrons. The van der Waals surface area contributed by atoms with Gasteiger partial charge in [-0.1, -0.05) is 12.1 Å². The van der Waals surface area contributed by atoms with Crippen molar-refractivity contribution in [1.82, 2.24) is 9.97 Å². The molecule has 2 aromatic heterocycles. The Morgan fingerprint density at radius 2 is 1.20 bits per heavy atom. The minimum Gasteiger partial charge on any atom is -0.744 e. The maximum atomic E-state index is 12.2. The van der Waals surface area contributed by atoms with Crippen LogP contribution in [0.1, 0.15) is 11.1 Å². The Morgan fingerprint density at radius 3 is 1.80 bits per heavy atom. The summed E-state index contributed by atoms with van der Waals surface area (Å²) in [7, 11) is -9.93. The Bertz CT molecular complexity index is 2300. The SMILES string of the molecule is Cc1ccc2nc(-c3ccc(N=Nc4ccc(-c5nc6ccc(C)cc6s5)c(S(=O)(=O)[O-])c4)c(S(=O)(=O)[O-])c3)sc2c1.[Na+].[Na+]. The van der Waals surface area contributed by atoms with Gasteiger partial charge in [-0.15, -0.1) is 27.8 Å². The summed E-state index contributed by atoms with van der Waals surface area (Å²) in [6.45, 7) is 3.87. The molecule has 0 spiro atoms. The van der Waals surface area contributed by atoms with E-state index in [0.717, 1.165) is 32.1 Å². The van der Waals surface area contributed by atoms with Gasteiger partial charge in [0.2, 0.25) is 0 Å². The second kappa shape index (κ2) is 13.4. The average molecular weight is 681 g/mol. The van der Waals surface area contributed by atoms with Crippen molar-refractivity contribution >= 4 is 74.7 Å². The van der Waals surface area contributed by atoms with E-state index in [-0.39, 0.29) is 76.1 Å². The predicted octanol–water partition coefficient (Wildman–Crippen LogP) is 1.09. The van der Waals surface area contributed by atoms with Gasteiger partial charge in [-0.25, -0.2) is 26.8 Å². The van der Waals surface area contributed by atoms with Gasteiger partial charge < -0.3 is 9.11 Å². The molecule has 0 radical (unpaired) electrons. The molecule has 0 bridgehead atoms. The predicted molar refractivity (Wildman–Crippen MR) is 160 cm³/mol. The van der Waals surface area contributed by atoms with Gasteiger partial charge in [0.15, 0.2) is 0 Å². The summed E-state index contributed by atoms with van der Waals surface area (Å²) < 4.78 is 74.7. The molecule has 0 aliphatic heterocycles. The van der Waals surface area contributed by atoms with Crippen LogP contribution in [-0.2, 0) is 20.2 Å². The van der Waals surface area contributed by atoms with Gasteiger partial charge >= 0.3 is 59.1 Å². The molecule has 0 saturated heterocycles. The van der Waals surface area contributed by atoms with Crippen LogP contribution < -0.4 is 59.1 Å². The summed E-state index contributed by atoms with van der Waals surface area (Å²) in [5.41, 5.74) is 3.70. The van der Waals surface area contributed by atoms with Crippen molar-refractivity contribution in [2.75, 3.05) is 0 Å². The third-order valence-corrected chi connectivity index (χ3v) is 10.2. The Labute approximate surface area is 305 Å². The number of aryl methyl sites for hydroxylation is 2. The number of fused-ring (bicyclic) bond motifs is 2. The van der Waals surface area contributed by atoms with Gasteiger partial charge in [-0.2, -0.15) is 5.11 Å². The number of benzene rings is 4. The maximum Gasteiger partial charge on any atom is 1.00 e. The van der Waals surface area contributed by atoms with Crippen LogP contribution in [0.3, 0.4) is 0 Å². The Balaban J connectivity index is 0.00000221. The van der Waals surface area contributed by atoms with Crippen molar-refractivity contribution in [1.29, 1.82) is 0 Å². The van der Waals surface area contributed by atoms with E-state index in [2.05, 4.69) is 20.2 Å². The van der Waals surface area contributed by atoms with Crippen molar-refractivity contribution in [3.8, 4) is 21.1 Å². The van der Waals surface area contributed by atoms with Gasteiger partial charge in [0, 0.05) is 11.1 Å². The molecule has 0 fully saturated rings. The fraction of sp³-hybridized carbons (Fsp3) is 0.0714. The zero-order chi connectivity index (χ0) is 29.8. The van der Waals surface area contributed by atoms with E-state index >= 15 is 0 Å². The molecule has 0 N–H and O–H groups in total. The third kappa shape index (κ3) is 7.38. The van der Waals surface area contributed by atoms with E-state index in [4.69, 9.17) is 0 Å². The molecule has 4 aromatic carbocycles. The minimum absolute atomic E-state index is 0. The average Bonchev–Trinajstić information content (AvgIpc) is 3.54. The van der Waals surface area contributed by atoms with Crippen molar-refractivity contribution in [3.63, 3.8) is 0 Å². The van der Waals surface area contributed by atoms with E-state index in [0.29, 0.717) is 21.1 Å². The molecule has 6 rings (SSSR count). The molecule has 6 aromatic rings. The van der Waals surface area contributed by atoms with E-state index in [1.54, 1.807) is 6.07 Å².